The number of aromatic nitrogens is 4. The van der Waals surface area contributed by atoms with Crippen LogP contribution in [-0.4, -0.2) is 44.0 Å². The highest BCUT2D eigenvalue weighted by Crippen LogP contribution is 2.48. The monoisotopic (exact) mass is 331 g/mol. The van der Waals surface area contributed by atoms with Crippen molar-refractivity contribution in [3.63, 3.8) is 0 Å². The van der Waals surface area contributed by atoms with Gasteiger partial charge in [-0.15, -0.1) is 10.2 Å². The second kappa shape index (κ2) is 5.60. The van der Waals surface area contributed by atoms with Crippen molar-refractivity contribution in [3.8, 4) is 0 Å². The smallest absolute Gasteiger partial charge is 0.236 e. The van der Waals surface area contributed by atoms with E-state index in [2.05, 4.69) is 20.6 Å². The third kappa shape index (κ3) is 2.51. The fraction of sp³-hybridized carbons (Fsp3) is 0.500. The lowest BCUT2D eigenvalue weighted by molar-refractivity contribution is -0.135. The first-order chi connectivity index (χ1) is 11.2. The molecule has 4 rings (SSSR count). The minimum absolute atomic E-state index is 0.147. The van der Waals surface area contributed by atoms with Gasteiger partial charge in [0.05, 0.1) is 0 Å². The Balaban J connectivity index is 1.54. The van der Waals surface area contributed by atoms with Gasteiger partial charge in [-0.25, -0.2) is 0 Å². The molecular weight excluding hydrogens is 314 g/mol. The first kappa shape index (κ1) is 14.6. The largest absolute Gasteiger partial charge is 0.339 e. The molecule has 7 heteroatoms. The maximum atomic E-state index is 13.1. The molecule has 1 aliphatic carbocycles. The van der Waals surface area contributed by atoms with Crippen LogP contribution < -0.4 is 0 Å². The van der Waals surface area contributed by atoms with E-state index in [1.807, 2.05) is 29.2 Å². The van der Waals surface area contributed by atoms with Crippen LogP contribution in [-0.2, 0) is 16.6 Å². The summed E-state index contributed by atoms with van der Waals surface area (Å²) < 4.78 is 0. The molecule has 1 aromatic carbocycles. The number of hydrogen-bond donors (Lipinski definition) is 1. The molecule has 2 aliphatic rings. The van der Waals surface area contributed by atoms with Gasteiger partial charge < -0.3 is 4.90 Å². The maximum absolute atomic E-state index is 13.1. The van der Waals surface area contributed by atoms with Gasteiger partial charge in [0.2, 0.25) is 5.91 Å². The number of halogens is 1. The van der Waals surface area contributed by atoms with E-state index >= 15 is 0 Å². The van der Waals surface area contributed by atoms with E-state index in [1.165, 1.54) is 0 Å². The fourth-order valence-corrected chi connectivity index (χ4v) is 3.74. The number of amides is 1. The van der Waals surface area contributed by atoms with E-state index in [1.54, 1.807) is 0 Å². The van der Waals surface area contributed by atoms with E-state index in [-0.39, 0.29) is 11.9 Å². The summed E-state index contributed by atoms with van der Waals surface area (Å²) in [5.74, 6) is 0.680. The summed E-state index contributed by atoms with van der Waals surface area (Å²) in [6.07, 6.45) is 4.46. The Kier molecular flexibility index (Phi) is 3.56. The SMILES string of the molecule is O=C(N1CCCC1Cc1ccccc1Cl)C1(c2nn[nH]n2)CC1. The Morgan fingerprint density at radius 2 is 2.22 bits per heavy atom. The van der Waals surface area contributed by atoms with Gasteiger partial charge in [-0.3, -0.25) is 4.79 Å². The average molecular weight is 332 g/mol. The lowest BCUT2D eigenvalue weighted by Crippen LogP contribution is -2.43. The van der Waals surface area contributed by atoms with E-state index in [9.17, 15) is 4.79 Å². The number of aromatic amines is 1. The minimum Gasteiger partial charge on any atom is -0.339 e. The average Bonchev–Trinajstić information content (AvgIpc) is 2.99. The molecule has 0 bridgehead atoms. The van der Waals surface area contributed by atoms with Crippen molar-refractivity contribution in [2.24, 2.45) is 0 Å². The number of carbonyl (C=O) groups is 1. The molecule has 23 heavy (non-hydrogen) atoms. The summed E-state index contributed by atoms with van der Waals surface area (Å²) >= 11 is 6.28. The first-order valence-electron chi connectivity index (χ1n) is 7.99. The van der Waals surface area contributed by atoms with Crippen LogP contribution in [0.15, 0.2) is 24.3 Å². The molecule has 0 radical (unpaired) electrons. The molecule has 1 aromatic heterocycles. The van der Waals surface area contributed by atoms with Crippen LogP contribution in [0.25, 0.3) is 0 Å². The predicted octanol–water partition coefficient (Wildman–Crippen LogP) is 2.12. The number of rotatable bonds is 4. The molecule has 1 atom stereocenters. The quantitative estimate of drug-likeness (QED) is 0.931. The van der Waals surface area contributed by atoms with Crippen LogP contribution in [0, 0.1) is 0 Å². The zero-order valence-electron chi connectivity index (χ0n) is 12.7. The summed E-state index contributed by atoms with van der Waals surface area (Å²) in [5.41, 5.74) is 0.555. The van der Waals surface area contributed by atoms with E-state index in [4.69, 9.17) is 11.6 Å². The highest BCUT2D eigenvalue weighted by atomic mass is 35.5. The maximum Gasteiger partial charge on any atom is 0.236 e. The molecule has 120 valence electrons. The van der Waals surface area contributed by atoms with Crippen molar-refractivity contribution < 1.29 is 4.79 Å². The zero-order chi connectivity index (χ0) is 15.9. The Morgan fingerprint density at radius 3 is 2.91 bits per heavy atom. The Bertz CT molecular complexity index is 713. The van der Waals surface area contributed by atoms with Gasteiger partial charge in [0.25, 0.3) is 0 Å². The molecule has 1 amide bonds. The number of carbonyl (C=O) groups excluding carboxylic acids is 1. The van der Waals surface area contributed by atoms with Crippen LogP contribution in [0.4, 0.5) is 0 Å². The van der Waals surface area contributed by atoms with Gasteiger partial charge in [0, 0.05) is 17.6 Å². The number of likely N-dealkylation sites (tertiary alicyclic amines) is 1. The van der Waals surface area contributed by atoms with Crippen molar-refractivity contribution in [2.45, 2.75) is 43.6 Å². The number of tetrazole rings is 1. The lowest BCUT2D eigenvalue weighted by Gasteiger charge is -2.28. The molecule has 2 aromatic rings. The Hall–Kier alpha value is -1.95. The van der Waals surface area contributed by atoms with Gasteiger partial charge in [0.15, 0.2) is 5.82 Å². The molecule has 1 N–H and O–H groups in total. The van der Waals surface area contributed by atoms with Crippen molar-refractivity contribution in [3.05, 3.63) is 40.7 Å². The molecular formula is C16H18ClN5O. The predicted molar refractivity (Wildman–Crippen MR) is 85.0 cm³/mol. The third-order valence-corrected chi connectivity index (χ3v) is 5.35. The number of nitrogens with one attached hydrogen (secondary N) is 1. The Labute approximate surface area is 139 Å². The van der Waals surface area contributed by atoms with Gasteiger partial charge in [-0.2, -0.15) is 5.21 Å². The number of nitrogens with zero attached hydrogens (tertiary/aromatic N) is 4. The van der Waals surface area contributed by atoms with Crippen LogP contribution in [0.2, 0.25) is 5.02 Å². The van der Waals surface area contributed by atoms with Crippen LogP contribution in [0.5, 0.6) is 0 Å². The van der Waals surface area contributed by atoms with Crippen molar-refractivity contribution >= 4 is 17.5 Å². The molecule has 2 fully saturated rings. The second-order valence-electron chi connectivity index (χ2n) is 6.41. The van der Waals surface area contributed by atoms with E-state index in [0.29, 0.717) is 5.82 Å². The van der Waals surface area contributed by atoms with Crippen LogP contribution in [0.3, 0.4) is 0 Å². The molecule has 1 saturated heterocycles. The first-order valence-corrected chi connectivity index (χ1v) is 8.37. The molecule has 2 heterocycles. The van der Waals surface area contributed by atoms with Gasteiger partial charge in [-0.1, -0.05) is 35.0 Å². The van der Waals surface area contributed by atoms with E-state index in [0.717, 1.165) is 49.2 Å². The molecule has 1 aliphatic heterocycles. The summed E-state index contributed by atoms with van der Waals surface area (Å²) in [6, 6.07) is 8.06. The summed E-state index contributed by atoms with van der Waals surface area (Å²) in [7, 11) is 0. The Morgan fingerprint density at radius 1 is 1.39 bits per heavy atom. The normalized spacial score (nSPS) is 22.3. The second-order valence-corrected chi connectivity index (χ2v) is 6.81. The van der Waals surface area contributed by atoms with Crippen molar-refractivity contribution in [1.82, 2.24) is 25.5 Å². The topological polar surface area (TPSA) is 74.8 Å². The standard InChI is InChI=1S/C16H18ClN5O/c17-13-6-2-1-4-11(13)10-12-5-3-9-22(12)15(23)16(7-8-16)14-18-20-21-19-14/h1-2,4,6,12H,3,5,7-10H2,(H,18,19,20,21). The molecule has 1 unspecified atom stereocenters. The van der Waals surface area contributed by atoms with Crippen LogP contribution in [0.1, 0.15) is 37.1 Å². The van der Waals surface area contributed by atoms with Gasteiger partial charge in [0.1, 0.15) is 5.41 Å². The fourth-order valence-electron chi connectivity index (χ4n) is 3.53. The molecule has 0 spiro atoms. The lowest BCUT2D eigenvalue weighted by atomic mass is 10.0. The molecule has 6 nitrogen and oxygen atoms in total. The summed E-state index contributed by atoms with van der Waals surface area (Å²) in [5, 5.41) is 14.9. The highest BCUT2D eigenvalue weighted by Gasteiger charge is 2.57. The molecule has 1 saturated carbocycles. The van der Waals surface area contributed by atoms with E-state index < -0.39 is 5.41 Å². The number of H-pyrrole nitrogens is 1. The minimum atomic E-state index is -0.546. The zero-order valence-corrected chi connectivity index (χ0v) is 13.5. The van der Waals surface area contributed by atoms with Crippen molar-refractivity contribution in [1.29, 1.82) is 0 Å². The van der Waals surface area contributed by atoms with Gasteiger partial charge in [-0.05, 0) is 43.7 Å². The summed E-state index contributed by atoms with van der Waals surface area (Å²) in [4.78, 5) is 15.1. The number of hydrogen-bond acceptors (Lipinski definition) is 4. The highest BCUT2D eigenvalue weighted by molar-refractivity contribution is 6.31. The number of benzene rings is 1. The van der Waals surface area contributed by atoms with Crippen LogP contribution >= 0.6 is 11.6 Å². The van der Waals surface area contributed by atoms with Gasteiger partial charge >= 0.3 is 0 Å². The van der Waals surface area contributed by atoms with Crippen molar-refractivity contribution in [2.75, 3.05) is 6.54 Å². The summed E-state index contributed by atoms with van der Waals surface area (Å²) in [6.45, 7) is 0.799. The third-order valence-electron chi connectivity index (χ3n) is 4.98.